The Balaban J connectivity index is 2.02. The van der Waals surface area contributed by atoms with E-state index in [4.69, 9.17) is 17.3 Å². The molecule has 0 saturated carbocycles. The first-order chi connectivity index (χ1) is 7.68. The molecular weight excluding hydrogens is 222 g/mol. The van der Waals surface area contributed by atoms with Crippen molar-refractivity contribution in [1.82, 2.24) is 4.98 Å². The van der Waals surface area contributed by atoms with Crippen LogP contribution in [0, 0.1) is 5.92 Å². The van der Waals surface area contributed by atoms with Gasteiger partial charge in [0.05, 0.1) is 10.7 Å². The lowest BCUT2D eigenvalue weighted by Crippen LogP contribution is -2.39. The van der Waals surface area contributed by atoms with Gasteiger partial charge in [0, 0.05) is 31.5 Å². The second-order valence-electron chi connectivity index (χ2n) is 4.51. The number of pyridine rings is 1. The van der Waals surface area contributed by atoms with E-state index in [-0.39, 0.29) is 0 Å². The van der Waals surface area contributed by atoms with Gasteiger partial charge in [-0.1, -0.05) is 11.6 Å². The fourth-order valence-corrected chi connectivity index (χ4v) is 2.53. The molecule has 88 valence electrons. The van der Waals surface area contributed by atoms with Crippen LogP contribution < -0.4 is 10.6 Å². The van der Waals surface area contributed by atoms with Crippen LogP contribution in [0.4, 0.5) is 5.69 Å². The summed E-state index contributed by atoms with van der Waals surface area (Å²) in [6.45, 7) is 4.17. The number of aromatic nitrogens is 1. The summed E-state index contributed by atoms with van der Waals surface area (Å²) in [5.41, 5.74) is 7.02. The minimum Gasteiger partial charge on any atom is -0.370 e. The van der Waals surface area contributed by atoms with Crippen molar-refractivity contribution >= 4 is 17.3 Å². The summed E-state index contributed by atoms with van der Waals surface area (Å²) >= 11 is 6.13. The molecule has 0 radical (unpaired) electrons. The molecule has 1 aromatic rings. The molecule has 0 aromatic carbocycles. The van der Waals surface area contributed by atoms with Gasteiger partial charge in [0.1, 0.15) is 0 Å². The van der Waals surface area contributed by atoms with Gasteiger partial charge < -0.3 is 10.6 Å². The van der Waals surface area contributed by atoms with Crippen LogP contribution in [0.3, 0.4) is 0 Å². The third-order valence-corrected chi connectivity index (χ3v) is 3.67. The van der Waals surface area contributed by atoms with Crippen LogP contribution in [-0.2, 0) is 0 Å². The van der Waals surface area contributed by atoms with Gasteiger partial charge in [-0.3, -0.25) is 4.98 Å². The van der Waals surface area contributed by atoms with Gasteiger partial charge in [-0.2, -0.15) is 0 Å². The van der Waals surface area contributed by atoms with Crippen molar-refractivity contribution in [3.8, 4) is 0 Å². The van der Waals surface area contributed by atoms with E-state index in [1.54, 1.807) is 12.4 Å². The number of piperidine rings is 1. The van der Waals surface area contributed by atoms with Gasteiger partial charge in [-0.25, -0.2) is 0 Å². The number of anilines is 1. The number of halogens is 1. The standard InChI is InChI=1S/C12H18ClN3/c1-9(14)10-3-6-16(7-4-10)12-2-5-15-8-11(12)13/h2,5,8-10H,3-4,6-7,14H2,1H3. The van der Waals surface area contributed by atoms with Crippen LogP contribution in [0.25, 0.3) is 0 Å². The number of hydrogen-bond acceptors (Lipinski definition) is 3. The van der Waals surface area contributed by atoms with Crippen molar-refractivity contribution in [3.63, 3.8) is 0 Å². The molecule has 1 saturated heterocycles. The van der Waals surface area contributed by atoms with E-state index >= 15 is 0 Å². The lowest BCUT2D eigenvalue weighted by Gasteiger charge is -2.35. The molecule has 16 heavy (non-hydrogen) atoms. The second kappa shape index (κ2) is 5.02. The Hall–Kier alpha value is -0.800. The summed E-state index contributed by atoms with van der Waals surface area (Å²) in [7, 11) is 0. The molecule has 1 atom stereocenters. The molecule has 1 aliphatic rings. The Morgan fingerprint density at radius 3 is 2.75 bits per heavy atom. The average Bonchev–Trinajstić information content (AvgIpc) is 2.30. The smallest absolute Gasteiger partial charge is 0.0822 e. The molecule has 2 N–H and O–H groups in total. The maximum absolute atomic E-state index is 6.13. The maximum atomic E-state index is 6.13. The van der Waals surface area contributed by atoms with Crippen molar-refractivity contribution in [1.29, 1.82) is 0 Å². The highest BCUT2D eigenvalue weighted by molar-refractivity contribution is 6.33. The Morgan fingerprint density at radius 2 is 2.19 bits per heavy atom. The van der Waals surface area contributed by atoms with Gasteiger partial charge in [-0.05, 0) is 31.7 Å². The summed E-state index contributed by atoms with van der Waals surface area (Å²) in [6, 6.07) is 2.28. The van der Waals surface area contributed by atoms with Crippen molar-refractivity contribution in [3.05, 3.63) is 23.5 Å². The first-order valence-corrected chi connectivity index (χ1v) is 6.16. The van der Waals surface area contributed by atoms with Gasteiger partial charge in [0.2, 0.25) is 0 Å². The quantitative estimate of drug-likeness (QED) is 0.861. The van der Waals surface area contributed by atoms with Crippen LogP contribution in [0.1, 0.15) is 19.8 Å². The maximum Gasteiger partial charge on any atom is 0.0822 e. The van der Waals surface area contributed by atoms with E-state index in [1.165, 1.54) is 0 Å². The summed E-state index contributed by atoms with van der Waals surface area (Å²) in [5.74, 6) is 0.650. The molecule has 2 rings (SSSR count). The Bertz CT molecular complexity index is 346. The highest BCUT2D eigenvalue weighted by atomic mass is 35.5. The predicted molar refractivity (Wildman–Crippen MR) is 67.8 cm³/mol. The Labute approximate surface area is 102 Å². The minimum atomic E-state index is 0.301. The lowest BCUT2D eigenvalue weighted by molar-refractivity contribution is 0.354. The number of rotatable bonds is 2. The summed E-state index contributed by atoms with van der Waals surface area (Å²) < 4.78 is 0. The van der Waals surface area contributed by atoms with Gasteiger partial charge in [0.15, 0.2) is 0 Å². The van der Waals surface area contributed by atoms with Gasteiger partial charge in [0.25, 0.3) is 0 Å². The van der Waals surface area contributed by atoms with Crippen molar-refractivity contribution in [2.24, 2.45) is 11.7 Å². The van der Waals surface area contributed by atoms with E-state index in [9.17, 15) is 0 Å². The summed E-state index contributed by atoms with van der Waals surface area (Å²) in [4.78, 5) is 6.33. The van der Waals surface area contributed by atoms with Crippen molar-refractivity contribution in [2.45, 2.75) is 25.8 Å². The largest absolute Gasteiger partial charge is 0.370 e. The van der Waals surface area contributed by atoms with E-state index in [2.05, 4.69) is 16.8 Å². The van der Waals surface area contributed by atoms with Crippen LogP contribution in [0.2, 0.25) is 5.02 Å². The van der Waals surface area contributed by atoms with E-state index in [0.29, 0.717) is 12.0 Å². The van der Waals surface area contributed by atoms with Gasteiger partial charge >= 0.3 is 0 Å². The Morgan fingerprint density at radius 1 is 1.50 bits per heavy atom. The van der Waals surface area contributed by atoms with Crippen LogP contribution >= 0.6 is 11.6 Å². The zero-order valence-corrected chi connectivity index (χ0v) is 10.3. The monoisotopic (exact) mass is 239 g/mol. The zero-order chi connectivity index (χ0) is 11.5. The summed E-state index contributed by atoms with van der Waals surface area (Å²) in [6.07, 6.45) is 5.79. The third kappa shape index (κ3) is 2.47. The van der Waals surface area contributed by atoms with Gasteiger partial charge in [-0.15, -0.1) is 0 Å². The fraction of sp³-hybridized carbons (Fsp3) is 0.583. The normalized spacial score (nSPS) is 19.8. The number of nitrogens with two attached hydrogens (primary N) is 1. The highest BCUT2D eigenvalue weighted by Crippen LogP contribution is 2.29. The second-order valence-corrected chi connectivity index (χ2v) is 4.92. The molecule has 2 heterocycles. The SMILES string of the molecule is CC(N)C1CCN(c2ccncc2Cl)CC1. The zero-order valence-electron chi connectivity index (χ0n) is 9.56. The van der Waals surface area contributed by atoms with E-state index < -0.39 is 0 Å². The molecule has 1 aliphatic heterocycles. The molecule has 0 spiro atoms. The van der Waals surface area contributed by atoms with Crippen LogP contribution in [0.5, 0.6) is 0 Å². The highest BCUT2D eigenvalue weighted by Gasteiger charge is 2.22. The average molecular weight is 240 g/mol. The Kier molecular flexibility index (Phi) is 3.66. The molecule has 1 unspecified atom stereocenters. The molecule has 0 amide bonds. The number of nitrogens with zero attached hydrogens (tertiary/aromatic N) is 2. The molecule has 0 bridgehead atoms. The molecule has 0 aliphatic carbocycles. The number of hydrogen-bond donors (Lipinski definition) is 1. The molecule has 1 fully saturated rings. The molecule has 1 aromatic heterocycles. The van der Waals surface area contributed by atoms with Crippen molar-refractivity contribution < 1.29 is 0 Å². The predicted octanol–water partition coefficient (Wildman–Crippen LogP) is 2.30. The summed E-state index contributed by atoms with van der Waals surface area (Å²) in [5, 5.41) is 0.738. The van der Waals surface area contributed by atoms with Crippen molar-refractivity contribution in [2.75, 3.05) is 18.0 Å². The minimum absolute atomic E-state index is 0.301. The molecule has 3 nitrogen and oxygen atoms in total. The first kappa shape index (κ1) is 11.7. The van der Waals surface area contributed by atoms with E-state index in [0.717, 1.165) is 36.6 Å². The third-order valence-electron chi connectivity index (χ3n) is 3.37. The topological polar surface area (TPSA) is 42.1 Å². The van der Waals surface area contributed by atoms with E-state index in [1.807, 2.05) is 6.07 Å². The van der Waals surface area contributed by atoms with Crippen LogP contribution in [-0.4, -0.2) is 24.1 Å². The molecular formula is C12H18ClN3. The fourth-order valence-electron chi connectivity index (χ4n) is 2.29. The lowest BCUT2D eigenvalue weighted by atomic mass is 9.91. The van der Waals surface area contributed by atoms with Crippen LogP contribution in [0.15, 0.2) is 18.5 Å². The first-order valence-electron chi connectivity index (χ1n) is 5.78. The molecule has 4 heteroatoms.